The molecule has 1 aliphatic heterocycles. The van der Waals surface area contributed by atoms with E-state index in [9.17, 15) is 14.7 Å². The standard InChI is InChI=1S/C14H16N2O3/c17-10-5-3-9(4-6-10)8-16-13(18)11-2-1-7-15-12(11)14(16)19/h1-2,7,9-10,17H,3-6,8H2. The van der Waals surface area contributed by atoms with Crippen molar-refractivity contribution in [2.24, 2.45) is 5.92 Å². The van der Waals surface area contributed by atoms with E-state index in [0.717, 1.165) is 25.7 Å². The normalized spacial score (nSPS) is 26.7. The number of pyridine rings is 1. The summed E-state index contributed by atoms with van der Waals surface area (Å²) < 4.78 is 0. The highest BCUT2D eigenvalue weighted by Crippen LogP contribution is 2.28. The topological polar surface area (TPSA) is 70.5 Å². The Morgan fingerprint density at radius 3 is 2.63 bits per heavy atom. The monoisotopic (exact) mass is 260 g/mol. The van der Waals surface area contributed by atoms with Crippen molar-refractivity contribution in [1.82, 2.24) is 9.88 Å². The van der Waals surface area contributed by atoms with E-state index in [0.29, 0.717) is 18.0 Å². The third-order valence-corrected chi connectivity index (χ3v) is 3.99. The molecule has 1 aromatic rings. The Balaban J connectivity index is 1.74. The summed E-state index contributed by atoms with van der Waals surface area (Å²) in [4.78, 5) is 29.6. The van der Waals surface area contributed by atoms with Crippen molar-refractivity contribution < 1.29 is 14.7 Å². The largest absolute Gasteiger partial charge is 0.393 e. The van der Waals surface area contributed by atoms with Gasteiger partial charge in [-0.15, -0.1) is 0 Å². The lowest BCUT2D eigenvalue weighted by molar-refractivity contribution is 0.0573. The predicted molar refractivity (Wildman–Crippen MR) is 67.6 cm³/mol. The molecule has 1 saturated carbocycles. The molecule has 1 fully saturated rings. The number of nitrogens with zero attached hydrogens (tertiary/aromatic N) is 2. The Bertz CT molecular complexity index is 486. The highest BCUT2D eigenvalue weighted by Gasteiger charge is 2.38. The van der Waals surface area contributed by atoms with Gasteiger partial charge in [-0.2, -0.15) is 0 Å². The number of aliphatic hydroxyl groups is 1. The van der Waals surface area contributed by atoms with Gasteiger partial charge in [0.1, 0.15) is 5.69 Å². The summed E-state index contributed by atoms with van der Waals surface area (Å²) in [6.07, 6.45) is 4.55. The molecule has 5 heteroatoms. The summed E-state index contributed by atoms with van der Waals surface area (Å²) in [6.45, 7) is 0.445. The van der Waals surface area contributed by atoms with Crippen LogP contribution in [0.5, 0.6) is 0 Å². The van der Waals surface area contributed by atoms with Crippen molar-refractivity contribution in [3.63, 3.8) is 0 Å². The van der Waals surface area contributed by atoms with Gasteiger partial charge < -0.3 is 5.11 Å². The lowest BCUT2D eigenvalue weighted by atomic mass is 9.87. The lowest BCUT2D eigenvalue weighted by Gasteiger charge is -2.28. The van der Waals surface area contributed by atoms with Gasteiger partial charge in [-0.25, -0.2) is 0 Å². The Morgan fingerprint density at radius 2 is 1.95 bits per heavy atom. The molecule has 2 amide bonds. The molecule has 0 bridgehead atoms. The molecule has 0 atom stereocenters. The Kier molecular flexibility index (Phi) is 3.06. The molecule has 1 aliphatic carbocycles. The molecule has 5 nitrogen and oxygen atoms in total. The first kappa shape index (κ1) is 12.3. The second-order valence-corrected chi connectivity index (χ2v) is 5.30. The van der Waals surface area contributed by atoms with Crippen LogP contribution < -0.4 is 0 Å². The molecule has 1 N–H and O–H groups in total. The van der Waals surface area contributed by atoms with Crippen LogP contribution >= 0.6 is 0 Å². The zero-order chi connectivity index (χ0) is 13.4. The van der Waals surface area contributed by atoms with Crippen LogP contribution in [-0.2, 0) is 0 Å². The van der Waals surface area contributed by atoms with E-state index < -0.39 is 0 Å². The first-order valence-electron chi connectivity index (χ1n) is 6.66. The molecule has 0 radical (unpaired) electrons. The molecule has 0 spiro atoms. The van der Waals surface area contributed by atoms with E-state index in [2.05, 4.69) is 4.98 Å². The van der Waals surface area contributed by atoms with Gasteiger partial charge in [0.05, 0.1) is 11.7 Å². The van der Waals surface area contributed by atoms with Crippen molar-refractivity contribution in [3.8, 4) is 0 Å². The maximum absolute atomic E-state index is 12.2. The van der Waals surface area contributed by atoms with Gasteiger partial charge in [0.2, 0.25) is 0 Å². The first-order chi connectivity index (χ1) is 9.16. The van der Waals surface area contributed by atoms with Crippen LogP contribution in [-0.4, -0.2) is 39.5 Å². The molecule has 2 aliphatic rings. The van der Waals surface area contributed by atoms with Gasteiger partial charge in [-0.3, -0.25) is 19.5 Å². The Hall–Kier alpha value is -1.75. The van der Waals surface area contributed by atoms with Gasteiger partial charge in [0, 0.05) is 12.7 Å². The number of fused-ring (bicyclic) bond motifs is 1. The fourth-order valence-corrected chi connectivity index (χ4v) is 2.87. The number of rotatable bonds is 2. The van der Waals surface area contributed by atoms with Crippen LogP contribution in [0, 0.1) is 5.92 Å². The number of carbonyl (C=O) groups is 2. The molecule has 0 unspecified atom stereocenters. The zero-order valence-electron chi connectivity index (χ0n) is 10.6. The fraction of sp³-hybridized carbons (Fsp3) is 0.500. The summed E-state index contributed by atoms with van der Waals surface area (Å²) in [5, 5.41) is 9.48. The molecule has 0 aromatic carbocycles. The van der Waals surface area contributed by atoms with Gasteiger partial charge in [-0.05, 0) is 43.7 Å². The number of aliphatic hydroxyl groups excluding tert-OH is 1. The average Bonchev–Trinajstić information content (AvgIpc) is 2.67. The predicted octanol–water partition coefficient (Wildman–Crippen LogP) is 1.23. The van der Waals surface area contributed by atoms with E-state index in [1.54, 1.807) is 12.1 Å². The van der Waals surface area contributed by atoms with Crippen LogP contribution in [0.15, 0.2) is 18.3 Å². The molecular formula is C14H16N2O3. The third-order valence-electron chi connectivity index (χ3n) is 3.99. The van der Waals surface area contributed by atoms with Gasteiger partial charge in [0.15, 0.2) is 0 Å². The first-order valence-corrected chi connectivity index (χ1v) is 6.66. The highest BCUT2D eigenvalue weighted by atomic mass is 16.3. The van der Waals surface area contributed by atoms with Crippen molar-refractivity contribution in [2.75, 3.05) is 6.54 Å². The molecule has 1 aromatic heterocycles. The molecular weight excluding hydrogens is 244 g/mol. The number of amides is 2. The number of aromatic nitrogens is 1. The summed E-state index contributed by atoms with van der Waals surface area (Å²) in [5.74, 6) is -0.225. The Morgan fingerprint density at radius 1 is 1.21 bits per heavy atom. The summed E-state index contributed by atoms with van der Waals surface area (Å²) in [6, 6.07) is 3.32. The number of hydrogen-bond donors (Lipinski definition) is 1. The van der Waals surface area contributed by atoms with Crippen LogP contribution in [0.2, 0.25) is 0 Å². The molecule has 100 valence electrons. The number of imide groups is 1. The molecule has 3 rings (SSSR count). The highest BCUT2D eigenvalue weighted by molar-refractivity contribution is 6.20. The maximum Gasteiger partial charge on any atom is 0.280 e. The van der Waals surface area contributed by atoms with Crippen LogP contribution in [0.3, 0.4) is 0 Å². The molecule has 19 heavy (non-hydrogen) atoms. The summed E-state index contributed by atoms with van der Waals surface area (Å²) in [5.41, 5.74) is 0.673. The second-order valence-electron chi connectivity index (χ2n) is 5.30. The Labute approximate surface area is 111 Å². The lowest BCUT2D eigenvalue weighted by Crippen LogP contribution is -2.36. The van der Waals surface area contributed by atoms with E-state index >= 15 is 0 Å². The SMILES string of the molecule is O=C1c2cccnc2C(=O)N1CC1CCC(O)CC1. The van der Waals surface area contributed by atoms with Crippen LogP contribution in [0.25, 0.3) is 0 Å². The van der Waals surface area contributed by atoms with E-state index in [4.69, 9.17) is 0 Å². The number of hydrogen-bond acceptors (Lipinski definition) is 4. The fourth-order valence-electron chi connectivity index (χ4n) is 2.87. The average molecular weight is 260 g/mol. The summed E-state index contributed by atoms with van der Waals surface area (Å²) >= 11 is 0. The number of carbonyl (C=O) groups excluding carboxylic acids is 2. The van der Waals surface area contributed by atoms with Crippen molar-refractivity contribution in [1.29, 1.82) is 0 Å². The molecule has 0 saturated heterocycles. The third kappa shape index (κ3) is 2.14. The van der Waals surface area contributed by atoms with Crippen molar-refractivity contribution in [3.05, 3.63) is 29.6 Å². The minimum absolute atomic E-state index is 0.222. The van der Waals surface area contributed by atoms with Gasteiger partial charge in [-0.1, -0.05) is 0 Å². The van der Waals surface area contributed by atoms with Crippen LogP contribution in [0.1, 0.15) is 46.5 Å². The van der Waals surface area contributed by atoms with E-state index in [-0.39, 0.29) is 23.6 Å². The minimum Gasteiger partial charge on any atom is -0.393 e. The van der Waals surface area contributed by atoms with Gasteiger partial charge in [0.25, 0.3) is 11.8 Å². The minimum atomic E-state index is -0.285. The molecule has 2 heterocycles. The van der Waals surface area contributed by atoms with Gasteiger partial charge >= 0.3 is 0 Å². The second kappa shape index (κ2) is 4.74. The van der Waals surface area contributed by atoms with E-state index in [1.807, 2.05) is 0 Å². The van der Waals surface area contributed by atoms with Crippen molar-refractivity contribution >= 4 is 11.8 Å². The quantitative estimate of drug-likeness (QED) is 0.812. The smallest absolute Gasteiger partial charge is 0.280 e. The maximum atomic E-state index is 12.2. The van der Waals surface area contributed by atoms with Crippen molar-refractivity contribution in [2.45, 2.75) is 31.8 Å². The zero-order valence-corrected chi connectivity index (χ0v) is 10.6. The van der Waals surface area contributed by atoms with Crippen LogP contribution in [0.4, 0.5) is 0 Å². The van der Waals surface area contributed by atoms with E-state index in [1.165, 1.54) is 11.1 Å². The summed E-state index contributed by atoms with van der Waals surface area (Å²) in [7, 11) is 0.